The molecule has 2 aliphatic rings. The van der Waals surface area contributed by atoms with Crippen molar-refractivity contribution in [2.45, 2.75) is 51.1 Å². The summed E-state index contributed by atoms with van der Waals surface area (Å²) in [5, 5.41) is 0. The second-order valence-electron chi connectivity index (χ2n) is 6.41. The Bertz CT molecular complexity index is 469. The standard InChI is InChI=1S/C18H26N2O/c1-2-6-18(21)20-12-11-19(16-9-10-16)14-17(20)13-15-7-4-3-5-8-15/h3-5,7-8,16-17H,2,6,9-14H2,1H3. The number of hydrogen-bond donors (Lipinski definition) is 0. The Kier molecular flexibility index (Phi) is 4.59. The van der Waals surface area contributed by atoms with Crippen LogP contribution in [0.4, 0.5) is 0 Å². The zero-order valence-electron chi connectivity index (χ0n) is 13.0. The van der Waals surface area contributed by atoms with Gasteiger partial charge in [-0.25, -0.2) is 0 Å². The monoisotopic (exact) mass is 286 g/mol. The van der Waals surface area contributed by atoms with Crippen LogP contribution in [0.2, 0.25) is 0 Å². The molecule has 114 valence electrons. The first-order valence-electron chi connectivity index (χ1n) is 8.35. The Hall–Kier alpha value is -1.35. The maximum Gasteiger partial charge on any atom is 0.222 e. The van der Waals surface area contributed by atoms with Crippen LogP contribution in [-0.2, 0) is 11.2 Å². The first-order chi connectivity index (χ1) is 10.3. The number of amides is 1. The summed E-state index contributed by atoms with van der Waals surface area (Å²) in [6, 6.07) is 11.7. The van der Waals surface area contributed by atoms with Crippen LogP contribution in [0, 0.1) is 0 Å². The number of nitrogens with zero attached hydrogens (tertiary/aromatic N) is 2. The molecule has 1 unspecified atom stereocenters. The fourth-order valence-corrected chi connectivity index (χ4v) is 3.40. The van der Waals surface area contributed by atoms with E-state index < -0.39 is 0 Å². The SMILES string of the molecule is CCCC(=O)N1CCN(C2CC2)CC1Cc1ccccc1. The molecule has 2 fully saturated rings. The van der Waals surface area contributed by atoms with E-state index >= 15 is 0 Å². The van der Waals surface area contributed by atoms with E-state index in [1.807, 2.05) is 0 Å². The van der Waals surface area contributed by atoms with Gasteiger partial charge in [0.25, 0.3) is 0 Å². The molecule has 1 aromatic carbocycles. The summed E-state index contributed by atoms with van der Waals surface area (Å²) in [6.45, 7) is 5.11. The van der Waals surface area contributed by atoms with Crippen LogP contribution in [-0.4, -0.2) is 47.4 Å². The van der Waals surface area contributed by atoms with Crippen LogP contribution < -0.4 is 0 Å². The van der Waals surface area contributed by atoms with Crippen LogP contribution in [0.15, 0.2) is 30.3 Å². The highest BCUT2D eigenvalue weighted by molar-refractivity contribution is 5.76. The molecule has 1 aliphatic carbocycles. The van der Waals surface area contributed by atoms with Crippen LogP contribution in [0.5, 0.6) is 0 Å². The lowest BCUT2D eigenvalue weighted by Crippen LogP contribution is -2.56. The zero-order valence-corrected chi connectivity index (χ0v) is 13.0. The Morgan fingerprint density at radius 1 is 1.19 bits per heavy atom. The fraction of sp³-hybridized carbons (Fsp3) is 0.611. The van der Waals surface area contributed by atoms with Gasteiger partial charge in [-0.2, -0.15) is 0 Å². The first-order valence-corrected chi connectivity index (χ1v) is 8.35. The average Bonchev–Trinajstić information content (AvgIpc) is 3.33. The zero-order chi connectivity index (χ0) is 14.7. The highest BCUT2D eigenvalue weighted by Gasteiger charge is 2.36. The number of carbonyl (C=O) groups excluding carboxylic acids is 1. The lowest BCUT2D eigenvalue weighted by atomic mass is 10.0. The van der Waals surface area contributed by atoms with Crippen LogP contribution in [0.25, 0.3) is 0 Å². The highest BCUT2D eigenvalue weighted by atomic mass is 16.2. The number of carbonyl (C=O) groups is 1. The van der Waals surface area contributed by atoms with Crippen molar-refractivity contribution in [2.75, 3.05) is 19.6 Å². The normalized spacial score (nSPS) is 23.3. The summed E-state index contributed by atoms with van der Waals surface area (Å²) in [5.74, 6) is 0.342. The summed E-state index contributed by atoms with van der Waals surface area (Å²) >= 11 is 0. The molecular formula is C18H26N2O. The van der Waals surface area contributed by atoms with Crippen molar-refractivity contribution in [2.24, 2.45) is 0 Å². The number of piperazine rings is 1. The molecule has 1 heterocycles. The molecule has 1 atom stereocenters. The minimum Gasteiger partial charge on any atom is -0.337 e. The van der Waals surface area contributed by atoms with E-state index in [1.54, 1.807) is 0 Å². The molecule has 1 saturated heterocycles. The van der Waals surface area contributed by atoms with Gasteiger partial charge in [0.15, 0.2) is 0 Å². The summed E-state index contributed by atoms with van der Waals surface area (Å²) in [4.78, 5) is 17.1. The molecule has 0 radical (unpaired) electrons. The molecule has 0 N–H and O–H groups in total. The highest BCUT2D eigenvalue weighted by Crippen LogP contribution is 2.29. The van der Waals surface area contributed by atoms with Gasteiger partial charge in [0, 0.05) is 38.1 Å². The van der Waals surface area contributed by atoms with Crippen molar-refractivity contribution in [1.82, 2.24) is 9.80 Å². The van der Waals surface area contributed by atoms with Crippen molar-refractivity contribution in [1.29, 1.82) is 0 Å². The van der Waals surface area contributed by atoms with Crippen LogP contribution in [0.3, 0.4) is 0 Å². The van der Waals surface area contributed by atoms with Crippen LogP contribution in [0.1, 0.15) is 38.2 Å². The lowest BCUT2D eigenvalue weighted by molar-refractivity contribution is -0.136. The van der Waals surface area contributed by atoms with Crippen molar-refractivity contribution in [3.63, 3.8) is 0 Å². The van der Waals surface area contributed by atoms with Gasteiger partial charge in [0.2, 0.25) is 5.91 Å². The van der Waals surface area contributed by atoms with Gasteiger partial charge in [-0.15, -0.1) is 0 Å². The number of hydrogen-bond acceptors (Lipinski definition) is 2. The lowest BCUT2D eigenvalue weighted by Gasteiger charge is -2.42. The van der Waals surface area contributed by atoms with E-state index in [4.69, 9.17) is 0 Å². The molecule has 21 heavy (non-hydrogen) atoms. The Morgan fingerprint density at radius 2 is 1.95 bits per heavy atom. The largest absolute Gasteiger partial charge is 0.337 e. The molecule has 1 aliphatic heterocycles. The Morgan fingerprint density at radius 3 is 2.62 bits per heavy atom. The van der Waals surface area contributed by atoms with E-state index in [0.717, 1.165) is 38.5 Å². The topological polar surface area (TPSA) is 23.6 Å². The van der Waals surface area contributed by atoms with Gasteiger partial charge >= 0.3 is 0 Å². The van der Waals surface area contributed by atoms with Gasteiger partial charge in [-0.05, 0) is 31.2 Å². The molecule has 3 heteroatoms. The molecular weight excluding hydrogens is 260 g/mol. The fourth-order valence-electron chi connectivity index (χ4n) is 3.40. The Labute approximate surface area is 127 Å². The minimum atomic E-state index is 0.342. The van der Waals surface area contributed by atoms with Crippen molar-refractivity contribution >= 4 is 5.91 Å². The molecule has 3 nitrogen and oxygen atoms in total. The van der Waals surface area contributed by atoms with Gasteiger partial charge in [0.05, 0.1) is 0 Å². The van der Waals surface area contributed by atoms with E-state index in [2.05, 4.69) is 47.1 Å². The molecule has 0 bridgehead atoms. The van der Waals surface area contributed by atoms with Gasteiger partial charge < -0.3 is 4.90 Å². The molecule has 0 spiro atoms. The maximum absolute atomic E-state index is 12.4. The third-order valence-electron chi connectivity index (χ3n) is 4.68. The van der Waals surface area contributed by atoms with Crippen molar-refractivity contribution in [3.8, 4) is 0 Å². The third kappa shape index (κ3) is 3.65. The first kappa shape index (κ1) is 14.6. The van der Waals surface area contributed by atoms with Crippen molar-refractivity contribution < 1.29 is 4.79 Å². The van der Waals surface area contributed by atoms with E-state index in [0.29, 0.717) is 18.4 Å². The second kappa shape index (κ2) is 6.61. The molecule has 3 rings (SSSR count). The number of benzene rings is 1. The average molecular weight is 286 g/mol. The smallest absolute Gasteiger partial charge is 0.222 e. The second-order valence-corrected chi connectivity index (χ2v) is 6.41. The maximum atomic E-state index is 12.4. The summed E-state index contributed by atoms with van der Waals surface area (Å²) in [7, 11) is 0. The predicted octanol–water partition coefficient (Wildman–Crippen LogP) is 2.70. The van der Waals surface area contributed by atoms with Crippen LogP contribution >= 0.6 is 0 Å². The molecule has 1 amide bonds. The van der Waals surface area contributed by atoms with E-state index in [9.17, 15) is 4.79 Å². The quantitative estimate of drug-likeness (QED) is 0.831. The molecule has 0 aromatic heterocycles. The van der Waals surface area contributed by atoms with Gasteiger partial charge in [0.1, 0.15) is 0 Å². The summed E-state index contributed by atoms with van der Waals surface area (Å²) in [6.07, 6.45) is 5.32. The Balaban J connectivity index is 1.70. The summed E-state index contributed by atoms with van der Waals surface area (Å²) in [5.41, 5.74) is 1.34. The van der Waals surface area contributed by atoms with E-state index in [-0.39, 0.29) is 0 Å². The predicted molar refractivity (Wildman–Crippen MR) is 85.2 cm³/mol. The third-order valence-corrected chi connectivity index (χ3v) is 4.68. The van der Waals surface area contributed by atoms with E-state index in [1.165, 1.54) is 18.4 Å². The molecule has 1 saturated carbocycles. The van der Waals surface area contributed by atoms with Crippen molar-refractivity contribution in [3.05, 3.63) is 35.9 Å². The van der Waals surface area contributed by atoms with Gasteiger partial charge in [-0.3, -0.25) is 9.69 Å². The summed E-state index contributed by atoms with van der Waals surface area (Å²) < 4.78 is 0. The number of rotatable bonds is 5. The minimum absolute atomic E-state index is 0.342. The molecule has 1 aromatic rings. The van der Waals surface area contributed by atoms with Gasteiger partial charge in [-0.1, -0.05) is 37.3 Å².